The van der Waals surface area contributed by atoms with Gasteiger partial charge in [-0.15, -0.1) is 11.3 Å². The van der Waals surface area contributed by atoms with Crippen LogP contribution in [0, 0.1) is 0 Å². The highest BCUT2D eigenvalue weighted by atomic mass is 35.5. The zero-order chi connectivity index (χ0) is 20.2. The van der Waals surface area contributed by atoms with Crippen LogP contribution in [0.5, 0.6) is 5.75 Å². The lowest BCUT2D eigenvalue weighted by Gasteiger charge is -2.16. The summed E-state index contributed by atoms with van der Waals surface area (Å²) in [6, 6.07) is 18.7. The first-order chi connectivity index (χ1) is 14.1. The number of nitrogens with zero attached hydrogens (tertiary/aromatic N) is 2. The Morgan fingerprint density at radius 1 is 1.17 bits per heavy atom. The summed E-state index contributed by atoms with van der Waals surface area (Å²) in [5.74, 6) is 1.47. The van der Waals surface area contributed by atoms with Gasteiger partial charge in [-0.3, -0.25) is 4.79 Å². The second kappa shape index (κ2) is 8.68. The van der Waals surface area contributed by atoms with Gasteiger partial charge in [-0.25, -0.2) is 4.98 Å². The molecule has 4 aromatic rings. The molecule has 29 heavy (non-hydrogen) atoms. The number of hydrogen-bond acceptors (Lipinski definition) is 4. The molecule has 2 aromatic carbocycles. The number of fused-ring (bicyclic) bond motifs is 1. The van der Waals surface area contributed by atoms with Crippen LogP contribution >= 0.6 is 22.9 Å². The second-order valence-corrected chi connectivity index (χ2v) is 7.97. The molecule has 0 aliphatic heterocycles. The van der Waals surface area contributed by atoms with Crippen LogP contribution in [0.3, 0.4) is 0 Å². The number of para-hydroxylation sites is 2. The van der Waals surface area contributed by atoms with Crippen molar-refractivity contribution >= 4 is 39.9 Å². The van der Waals surface area contributed by atoms with Gasteiger partial charge in [-0.05, 0) is 54.8 Å². The van der Waals surface area contributed by atoms with Crippen molar-refractivity contribution in [2.75, 3.05) is 6.61 Å². The molecule has 0 saturated carbocycles. The third-order valence-corrected chi connectivity index (χ3v) is 5.68. The van der Waals surface area contributed by atoms with E-state index in [2.05, 4.69) is 9.88 Å². The number of imidazole rings is 1. The number of amides is 1. The van der Waals surface area contributed by atoms with E-state index in [-0.39, 0.29) is 11.9 Å². The summed E-state index contributed by atoms with van der Waals surface area (Å²) in [5.41, 5.74) is 1.91. The first-order valence-electron chi connectivity index (χ1n) is 9.30. The summed E-state index contributed by atoms with van der Waals surface area (Å²) >= 11 is 7.35. The van der Waals surface area contributed by atoms with Gasteiger partial charge < -0.3 is 14.6 Å². The van der Waals surface area contributed by atoms with E-state index < -0.39 is 0 Å². The van der Waals surface area contributed by atoms with E-state index in [1.54, 1.807) is 12.1 Å². The maximum Gasteiger partial charge on any atom is 0.261 e. The number of nitrogens with one attached hydrogen (secondary N) is 1. The van der Waals surface area contributed by atoms with Crippen molar-refractivity contribution in [1.82, 2.24) is 14.9 Å². The summed E-state index contributed by atoms with van der Waals surface area (Å²) in [6.45, 7) is 3.03. The third kappa shape index (κ3) is 4.44. The normalized spacial score (nSPS) is 12.1. The van der Waals surface area contributed by atoms with Crippen LogP contribution in [0.2, 0.25) is 5.02 Å². The highest BCUT2D eigenvalue weighted by Crippen LogP contribution is 2.22. The lowest BCUT2D eigenvalue weighted by atomic mass is 10.3. The highest BCUT2D eigenvalue weighted by molar-refractivity contribution is 7.12. The van der Waals surface area contributed by atoms with Gasteiger partial charge >= 0.3 is 0 Å². The zero-order valence-electron chi connectivity index (χ0n) is 15.8. The van der Waals surface area contributed by atoms with Crippen molar-refractivity contribution in [1.29, 1.82) is 0 Å². The van der Waals surface area contributed by atoms with Gasteiger partial charge in [-0.2, -0.15) is 0 Å². The van der Waals surface area contributed by atoms with Gasteiger partial charge in [-0.1, -0.05) is 29.8 Å². The van der Waals surface area contributed by atoms with Crippen LogP contribution in [0.4, 0.5) is 0 Å². The Labute approximate surface area is 177 Å². The van der Waals surface area contributed by atoms with E-state index in [9.17, 15) is 4.79 Å². The van der Waals surface area contributed by atoms with Crippen molar-refractivity contribution in [3.8, 4) is 5.75 Å². The van der Waals surface area contributed by atoms with Crippen molar-refractivity contribution < 1.29 is 9.53 Å². The monoisotopic (exact) mass is 425 g/mol. The fourth-order valence-corrected chi connectivity index (χ4v) is 3.94. The van der Waals surface area contributed by atoms with Crippen LogP contribution in [-0.2, 0) is 6.54 Å². The number of thiophene rings is 1. The summed E-state index contributed by atoms with van der Waals surface area (Å²) in [7, 11) is 0. The first-order valence-corrected chi connectivity index (χ1v) is 10.6. The Bertz CT molecular complexity index is 1110. The summed E-state index contributed by atoms with van der Waals surface area (Å²) < 4.78 is 7.97. The molecule has 1 unspecified atom stereocenters. The SMILES string of the molecule is CC(NC(=O)c1cccs1)c1nc2ccccc2n1CCOc1ccc(Cl)cc1. The maximum absolute atomic E-state index is 12.5. The Morgan fingerprint density at radius 3 is 2.72 bits per heavy atom. The Balaban J connectivity index is 1.53. The average Bonchev–Trinajstić information content (AvgIpc) is 3.38. The molecule has 2 heterocycles. The highest BCUT2D eigenvalue weighted by Gasteiger charge is 2.19. The lowest BCUT2D eigenvalue weighted by Crippen LogP contribution is -2.28. The summed E-state index contributed by atoms with van der Waals surface area (Å²) in [4.78, 5) is 17.9. The predicted molar refractivity (Wildman–Crippen MR) is 117 cm³/mol. The van der Waals surface area contributed by atoms with E-state index >= 15 is 0 Å². The van der Waals surface area contributed by atoms with Crippen LogP contribution in [0.1, 0.15) is 28.5 Å². The summed E-state index contributed by atoms with van der Waals surface area (Å²) in [5, 5.41) is 5.62. The fraction of sp³-hybridized carbons (Fsp3) is 0.182. The van der Waals surface area contributed by atoms with Gasteiger partial charge in [0, 0.05) is 5.02 Å². The number of benzene rings is 2. The molecule has 0 bridgehead atoms. The molecule has 0 saturated heterocycles. The van der Waals surface area contributed by atoms with E-state index in [0.717, 1.165) is 22.6 Å². The van der Waals surface area contributed by atoms with Crippen LogP contribution in [-0.4, -0.2) is 22.1 Å². The lowest BCUT2D eigenvalue weighted by molar-refractivity contribution is 0.0941. The molecule has 0 aliphatic carbocycles. The minimum absolute atomic E-state index is 0.0940. The van der Waals surface area contributed by atoms with Gasteiger partial charge in [0.2, 0.25) is 0 Å². The van der Waals surface area contributed by atoms with E-state index in [1.807, 2.05) is 60.8 Å². The molecule has 1 N–H and O–H groups in total. The number of aromatic nitrogens is 2. The van der Waals surface area contributed by atoms with Crippen LogP contribution in [0.15, 0.2) is 66.0 Å². The molecule has 1 amide bonds. The largest absolute Gasteiger partial charge is 0.492 e. The van der Waals surface area contributed by atoms with Gasteiger partial charge in [0.05, 0.1) is 28.5 Å². The minimum atomic E-state index is -0.243. The van der Waals surface area contributed by atoms with Crippen LogP contribution in [0.25, 0.3) is 11.0 Å². The Kier molecular flexibility index (Phi) is 5.83. The minimum Gasteiger partial charge on any atom is -0.492 e. The van der Waals surface area contributed by atoms with E-state index in [4.69, 9.17) is 21.3 Å². The number of halogens is 1. The molecule has 7 heteroatoms. The number of carbonyl (C=O) groups excluding carboxylic acids is 1. The third-order valence-electron chi connectivity index (χ3n) is 4.56. The number of ether oxygens (including phenoxy) is 1. The number of carbonyl (C=O) groups is 1. The number of rotatable bonds is 7. The molecule has 1 atom stereocenters. The second-order valence-electron chi connectivity index (χ2n) is 6.59. The molecule has 0 fully saturated rings. The zero-order valence-corrected chi connectivity index (χ0v) is 17.4. The van der Waals surface area contributed by atoms with Crippen molar-refractivity contribution in [3.05, 3.63) is 81.8 Å². The molecular formula is C22H20ClN3O2S. The van der Waals surface area contributed by atoms with Gasteiger partial charge in [0.15, 0.2) is 0 Å². The Morgan fingerprint density at radius 2 is 1.97 bits per heavy atom. The average molecular weight is 426 g/mol. The van der Waals surface area contributed by atoms with Crippen molar-refractivity contribution in [3.63, 3.8) is 0 Å². The molecule has 4 rings (SSSR count). The molecule has 0 spiro atoms. The van der Waals surface area contributed by atoms with Crippen LogP contribution < -0.4 is 10.1 Å². The molecule has 2 aromatic heterocycles. The molecular weight excluding hydrogens is 406 g/mol. The number of hydrogen-bond donors (Lipinski definition) is 1. The van der Waals surface area contributed by atoms with Crippen molar-refractivity contribution in [2.24, 2.45) is 0 Å². The first kappa shape index (κ1) is 19.5. The maximum atomic E-state index is 12.5. The topological polar surface area (TPSA) is 56.2 Å². The van der Waals surface area contributed by atoms with E-state index in [0.29, 0.717) is 23.1 Å². The fourth-order valence-electron chi connectivity index (χ4n) is 3.19. The van der Waals surface area contributed by atoms with Crippen molar-refractivity contribution in [2.45, 2.75) is 19.5 Å². The standard InChI is InChI=1S/C22H20ClN3O2S/c1-15(24-22(27)20-7-4-14-29-20)21-25-18-5-2-3-6-19(18)26(21)12-13-28-17-10-8-16(23)9-11-17/h2-11,14-15H,12-13H2,1H3,(H,24,27). The predicted octanol–water partition coefficient (Wildman–Crippen LogP) is 5.32. The van der Waals surface area contributed by atoms with Gasteiger partial charge in [0.1, 0.15) is 18.2 Å². The summed E-state index contributed by atoms with van der Waals surface area (Å²) in [6.07, 6.45) is 0. The van der Waals surface area contributed by atoms with Gasteiger partial charge in [0.25, 0.3) is 5.91 Å². The molecule has 0 aliphatic rings. The Hall–Kier alpha value is -2.83. The quantitative estimate of drug-likeness (QED) is 0.436. The molecule has 148 valence electrons. The smallest absolute Gasteiger partial charge is 0.261 e. The molecule has 5 nitrogen and oxygen atoms in total. The molecule has 0 radical (unpaired) electrons. The van der Waals surface area contributed by atoms with E-state index in [1.165, 1.54) is 11.3 Å².